The zero-order valence-electron chi connectivity index (χ0n) is 9.34. The number of ether oxygens (including phenoxy) is 2. The van der Waals surface area contributed by atoms with Gasteiger partial charge in [0.05, 0.1) is 6.61 Å². The minimum absolute atomic E-state index is 0.378. The van der Waals surface area contributed by atoms with Crippen LogP contribution in [0.4, 0.5) is 0 Å². The predicted octanol–water partition coefficient (Wildman–Crippen LogP) is 1.95. The van der Waals surface area contributed by atoms with E-state index in [9.17, 15) is 0 Å². The van der Waals surface area contributed by atoms with Crippen molar-refractivity contribution in [2.24, 2.45) is 0 Å². The Labute approximate surface area is 104 Å². The third kappa shape index (κ3) is 3.18. The van der Waals surface area contributed by atoms with Crippen molar-refractivity contribution in [3.63, 3.8) is 0 Å². The SMILES string of the molecule is COCCOc1cc(Cl)nc(-n2ccnc2)c1. The molecule has 0 aliphatic carbocycles. The summed E-state index contributed by atoms with van der Waals surface area (Å²) in [5.74, 6) is 1.33. The number of rotatable bonds is 5. The summed E-state index contributed by atoms with van der Waals surface area (Å²) in [6.45, 7) is 1.00. The second kappa shape index (κ2) is 5.65. The summed E-state index contributed by atoms with van der Waals surface area (Å²) >= 11 is 5.92. The first-order chi connectivity index (χ1) is 8.29. The molecule has 2 rings (SSSR count). The Bertz CT molecular complexity index is 474. The number of methoxy groups -OCH3 is 1. The maximum atomic E-state index is 5.92. The Balaban J connectivity index is 2.18. The molecule has 0 saturated heterocycles. The highest BCUT2D eigenvalue weighted by molar-refractivity contribution is 6.29. The number of pyridine rings is 1. The van der Waals surface area contributed by atoms with Gasteiger partial charge in [0.1, 0.15) is 29.7 Å². The molecule has 0 aliphatic rings. The van der Waals surface area contributed by atoms with Gasteiger partial charge in [-0.15, -0.1) is 0 Å². The van der Waals surface area contributed by atoms with Gasteiger partial charge >= 0.3 is 0 Å². The van der Waals surface area contributed by atoms with E-state index in [4.69, 9.17) is 21.1 Å². The van der Waals surface area contributed by atoms with Gasteiger partial charge in [-0.3, -0.25) is 4.57 Å². The summed E-state index contributed by atoms with van der Waals surface area (Å²) in [5.41, 5.74) is 0. The first kappa shape index (κ1) is 11.9. The van der Waals surface area contributed by atoms with Crippen molar-refractivity contribution in [3.05, 3.63) is 36.0 Å². The molecule has 0 N–H and O–H groups in total. The zero-order valence-corrected chi connectivity index (χ0v) is 10.1. The molecule has 5 nitrogen and oxygen atoms in total. The maximum absolute atomic E-state index is 5.92. The van der Waals surface area contributed by atoms with E-state index < -0.39 is 0 Å². The topological polar surface area (TPSA) is 49.2 Å². The Morgan fingerprint density at radius 2 is 2.24 bits per heavy atom. The molecule has 6 heteroatoms. The largest absolute Gasteiger partial charge is 0.491 e. The fraction of sp³-hybridized carbons (Fsp3) is 0.273. The Hall–Kier alpha value is -1.59. The predicted molar refractivity (Wildman–Crippen MR) is 63.7 cm³/mol. The van der Waals surface area contributed by atoms with Crippen molar-refractivity contribution in [2.45, 2.75) is 0 Å². The molecule has 0 atom stereocenters. The van der Waals surface area contributed by atoms with E-state index >= 15 is 0 Å². The lowest BCUT2D eigenvalue weighted by Crippen LogP contribution is -2.05. The molecule has 0 radical (unpaired) electrons. The molecule has 2 aromatic rings. The van der Waals surface area contributed by atoms with Gasteiger partial charge in [0.15, 0.2) is 0 Å². The van der Waals surface area contributed by atoms with Crippen LogP contribution < -0.4 is 4.74 Å². The van der Waals surface area contributed by atoms with Crippen LogP contribution in [0.5, 0.6) is 5.75 Å². The second-order valence-electron chi connectivity index (χ2n) is 3.29. The van der Waals surface area contributed by atoms with Crippen LogP contribution in [0, 0.1) is 0 Å². The van der Waals surface area contributed by atoms with Crippen molar-refractivity contribution < 1.29 is 9.47 Å². The van der Waals surface area contributed by atoms with Crippen LogP contribution in [-0.4, -0.2) is 34.9 Å². The van der Waals surface area contributed by atoms with Crippen molar-refractivity contribution in [3.8, 4) is 11.6 Å². The van der Waals surface area contributed by atoms with Crippen molar-refractivity contribution >= 4 is 11.6 Å². The van der Waals surface area contributed by atoms with Crippen LogP contribution in [-0.2, 0) is 4.74 Å². The molecule has 0 spiro atoms. The second-order valence-corrected chi connectivity index (χ2v) is 3.68. The maximum Gasteiger partial charge on any atom is 0.143 e. The quantitative estimate of drug-likeness (QED) is 0.604. The van der Waals surface area contributed by atoms with E-state index in [2.05, 4.69) is 9.97 Å². The summed E-state index contributed by atoms with van der Waals surface area (Å²) in [7, 11) is 1.62. The summed E-state index contributed by atoms with van der Waals surface area (Å²) in [5, 5.41) is 0.378. The highest BCUT2D eigenvalue weighted by Crippen LogP contribution is 2.19. The molecule has 0 aromatic carbocycles. The number of halogens is 1. The molecular weight excluding hydrogens is 242 g/mol. The van der Waals surface area contributed by atoms with Crippen LogP contribution in [0.3, 0.4) is 0 Å². The van der Waals surface area contributed by atoms with Crippen LogP contribution in [0.2, 0.25) is 5.15 Å². The number of imidazole rings is 1. The van der Waals surface area contributed by atoms with E-state index in [1.54, 1.807) is 42.5 Å². The highest BCUT2D eigenvalue weighted by Gasteiger charge is 2.04. The fourth-order valence-corrected chi connectivity index (χ4v) is 1.51. The van der Waals surface area contributed by atoms with Crippen LogP contribution >= 0.6 is 11.6 Å². The van der Waals surface area contributed by atoms with Gasteiger partial charge in [0, 0.05) is 31.6 Å². The molecule has 2 heterocycles. The van der Waals surface area contributed by atoms with Gasteiger partial charge in [0.2, 0.25) is 0 Å². The lowest BCUT2D eigenvalue weighted by molar-refractivity contribution is 0.146. The van der Waals surface area contributed by atoms with Crippen molar-refractivity contribution in [1.82, 2.24) is 14.5 Å². The minimum atomic E-state index is 0.378. The molecule has 0 aliphatic heterocycles. The average Bonchev–Trinajstić information content (AvgIpc) is 2.82. The van der Waals surface area contributed by atoms with Crippen LogP contribution in [0.25, 0.3) is 5.82 Å². The van der Waals surface area contributed by atoms with Gasteiger partial charge in [0.25, 0.3) is 0 Å². The molecule has 17 heavy (non-hydrogen) atoms. The first-order valence-electron chi connectivity index (χ1n) is 5.07. The Morgan fingerprint density at radius 1 is 1.35 bits per heavy atom. The molecule has 0 saturated carbocycles. The van der Waals surface area contributed by atoms with E-state index in [0.29, 0.717) is 29.9 Å². The Morgan fingerprint density at radius 3 is 2.94 bits per heavy atom. The van der Waals surface area contributed by atoms with Crippen LogP contribution in [0.15, 0.2) is 30.9 Å². The summed E-state index contributed by atoms with van der Waals surface area (Å²) < 4.78 is 12.1. The third-order valence-corrected chi connectivity index (χ3v) is 2.27. The van der Waals surface area contributed by atoms with E-state index in [0.717, 1.165) is 0 Å². The fourth-order valence-electron chi connectivity index (χ4n) is 1.31. The van der Waals surface area contributed by atoms with Crippen molar-refractivity contribution in [1.29, 1.82) is 0 Å². The van der Waals surface area contributed by atoms with Gasteiger partial charge in [-0.25, -0.2) is 9.97 Å². The normalized spacial score (nSPS) is 10.5. The molecular formula is C11H12ClN3O2. The number of nitrogens with zero attached hydrogens (tertiary/aromatic N) is 3. The molecule has 0 bridgehead atoms. The summed E-state index contributed by atoms with van der Waals surface area (Å²) in [4.78, 5) is 8.13. The van der Waals surface area contributed by atoms with E-state index in [1.807, 2.05) is 0 Å². The highest BCUT2D eigenvalue weighted by atomic mass is 35.5. The molecule has 90 valence electrons. The molecule has 2 aromatic heterocycles. The number of hydrogen-bond donors (Lipinski definition) is 0. The lowest BCUT2D eigenvalue weighted by Gasteiger charge is -2.08. The Kier molecular flexibility index (Phi) is 3.95. The van der Waals surface area contributed by atoms with Gasteiger partial charge in [-0.2, -0.15) is 0 Å². The summed E-state index contributed by atoms with van der Waals surface area (Å²) in [6.07, 6.45) is 5.11. The average molecular weight is 254 g/mol. The number of aromatic nitrogens is 3. The van der Waals surface area contributed by atoms with Gasteiger partial charge < -0.3 is 9.47 Å². The zero-order chi connectivity index (χ0) is 12.1. The van der Waals surface area contributed by atoms with Gasteiger partial charge in [-0.05, 0) is 0 Å². The first-order valence-corrected chi connectivity index (χ1v) is 5.45. The molecule has 0 unspecified atom stereocenters. The van der Waals surface area contributed by atoms with E-state index in [1.165, 1.54) is 0 Å². The smallest absolute Gasteiger partial charge is 0.143 e. The van der Waals surface area contributed by atoms with E-state index in [-0.39, 0.29) is 0 Å². The third-order valence-electron chi connectivity index (χ3n) is 2.08. The van der Waals surface area contributed by atoms with Crippen molar-refractivity contribution in [2.75, 3.05) is 20.3 Å². The minimum Gasteiger partial charge on any atom is -0.491 e. The van der Waals surface area contributed by atoms with Crippen LogP contribution in [0.1, 0.15) is 0 Å². The summed E-state index contributed by atoms with van der Waals surface area (Å²) in [6, 6.07) is 3.46. The van der Waals surface area contributed by atoms with Gasteiger partial charge in [-0.1, -0.05) is 11.6 Å². The molecule has 0 amide bonds. The molecule has 0 fully saturated rings. The number of hydrogen-bond acceptors (Lipinski definition) is 4. The standard InChI is InChI=1S/C11H12ClN3O2/c1-16-4-5-17-9-6-10(12)14-11(7-9)15-3-2-13-8-15/h2-3,6-8H,4-5H2,1H3. The monoisotopic (exact) mass is 253 g/mol. The lowest BCUT2D eigenvalue weighted by atomic mass is 10.4.